The molecular weight excluding hydrogens is 293 g/mol. The Morgan fingerprint density at radius 2 is 1.68 bits per heavy atom. The van der Waals surface area contributed by atoms with Crippen molar-refractivity contribution in [3.05, 3.63) is 23.8 Å². The first-order valence-corrected chi connectivity index (χ1v) is 6.73. The second-order valence-corrected chi connectivity index (χ2v) is 6.21. The molecule has 0 amide bonds. The molecule has 118 valence electrons. The number of nitriles is 2. The number of nitrogens with zero attached hydrogens (tertiary/aromatic N) is 4. The van der Waals surface area contributed by atoms with E-state index in [1.807, 2.05) is 20.8 Å². The number of hydrogen-bond donors (Lipinski definition) is 0. The van der Waals surface area contributed by atoms with Gasteiger partial charge in [-0.2, -0.15) is 23.7 Å². The molecule has 0 radical (unpaired) electrons. The molecule has 0 aliphatic rings. The van der Waals surface area contributed by atoms with E-state index in [-0.39, 0.29) is 17.7 Å². The van der Waals surface area contributed by atoms with Crippen molar-refractivity contribution in [3.8, 4) is 12.1 Å². The first kappa shape index (κ1) is 17.9. The van der Waals surface area contributed by atoms with Gasteiger partial charge in [-0.15, -0.1) is 0 Å². The largest absolute Gasteiger partial charge is 0.389 e. The summed E-state index contributed by atoms with van der Waals surface area (Å²) in [6.45, 7) is 5.81. The number of halogens is 3. The molecule has 7 heteroatoms. The van der Waals surface area contributed by atoms with Gasteiger partial charge >= 0.3 is 6.18 Å². The van der Waals surface area contributed by atoms with E-state index < -0.39 is 24.4 Å². The molecule has 0 atom stereocenters. The van der Waals surface area contributed by atoms with Gasteiger partial charge in [-0.05, 0) is 12.5 Å². The molecule has 0 saturated heterocycles. The second-order valence-electron chi connectivity index (χ2n) is 6.21. The van der Waals surface area contributed by atoms with Crippen LogP contribution in [0.5, 0.6) is 0 Å². The number of alkyl halides is 3. The number of rotatable bonds is 4. The summed E-state index contributed by atoms with van der Waals surface area (Å²) in [5.41, 5.74) is -1.32. The zero-order valence-electron chi connectivity index (χ0n) is 12.7. The minimum Gasteiger partial charge on any atom is -0.241 e. The highest BCUT2D eigenvalue weighted by atomic mass is 19.4. The Morgan fingerprint density at radius 3 is 2.14 bits per heavy atom. The standard InChI is InChI=1S/C15H17F3N4/c1-13(2,3)11-4-7-21-12(22-11)8-14(9-19,10-20)5-6-15(16,17)18/h4,7H,5-6,8H2,1-3H3. The third kappa shape index (κ3) is 5.00. The van der Waals surface area contributed by atoms with Gasteiger partial charge in [0.1, 0.15) is 5.82 Å². The van der Waals surface area contributed by atoms with Gasteiger partial charge in [0.05, 0.1) is 12.1 Å². The Bertz CT molecular complexity index is 589. The predicted molar refractivity (Wildman–Crippen MR) is 73.4 cm³/mol. The van der Waals surface area contributed by atoms with Crippen molar-refractivity contribution in [2.45, 2.75) is 51.6 Å². The van der Waals surface area contributed by atoms with Crippen LogP contribution in [0.3, 0.4) is 0 Å². The first-order chi connectivity index (χ1) is 10.0. The van der Waals surface area contributed by atoms with Crippen LogP contribution in [0.15, 0.2) is 12.3 Å². The fourth-order valence-electron chi connectivity index (χ4n) is 1.83. The van der Waals surface area contributed by atoms with Crippen LogP contribution in [0.4, 0.5) is 13.2 Å². The van der Waals surface area contributed by atoms with E-state index in [4.69, 9.17) is 10.5 Å². The summed E-state index contributed by atoms with van der Waals surface area (Å²) in [7, 11) is 0. The zero-order chi connectivity index (χ0) is 17.0. The van der Waals surface area contributed by atoms with Crippen LogP contribution in [0.2, 0.25) is 0 Å². The van der Waals surface area contributed by atoms with Gasteiger partial charge in [0, 0.05) is 30.1 Å². The SMILES string of the molecule is CC(C)(C)c1ccnc(CC(C#N)(C#N)CCC(F)(F)F)n1. The molecule has 1 aromatic heterocycles. The van der Waals surface area contributed by atoms with Crippen molar-refractivity contribution in [2.24, 2.45) is 5.41 Å². The lowest BCUT2D eigenvalue weighted by atomic mass is 9.82. The van der Waals surface area contributed by atoms with Crippen molar-refractivity contribution < 1.29 is 13.2 Å². The van der Waals surface area contributed by atoms with E-state index in [0.29, 0.717) is 5.69 Å². The molecule has 1 rings (SSSR count). The fourth-order valence-corrected chi connectivity index (χ4v) is 1.83. The molecule has 0 saturated carbocycles. The molecule has 22 heavy (non-hydrogen) atoms. The van der Waals surface area contributed by atoms with Crippen molar-refractivity contribution in [1.82, 2.24) is 9.97 Å². The highest BCUT2D eigenvalue weighted by Crippen LogP contribution is 2.32. The predicted octanol–water partition coefficient (Wildman–Crippen LogP) is 3.69. The fraction of sp³-hybridized carbons (Fsp3) is 0.600. The molecule has 0 aromatic carbocycles. The summed E-state index contributed by atoms with van der Waals surface area (Å²) in [6, 6.07) is 5.11. The molecule has 0 N–H and O–H groups in total. The van der Waals surface area contributed by atoms with Crippen LogP contribution >= 0.6 is 0 Å². The molecule has 0 spiro atoms. The zero-order valence-corrected chi connectivity index (χ0v) is 12.7. The average molecular weight is 310 g/mol. The molecule has 4 nitrogen and oxygen atoms in total. The molecule has 0 bridgehead atoms. The maximum atomic E-state index is 12.4. The maximum Gasteiger partial charge on any atom is 0.389 e. The lowest BCUT2D eigenvalue weighted by Crippen LogP contribution is -2.25. The van der Waals surface area contributed by atoms with Crippen LogP contribution in [-0.4, -0.2) is 16.1 Å². The number of hydrogen-bond acceptors (Lipinski definition) is 4. The van der Waals surface area contributed by atoms with Gasteiger partial charge in [-0.1, -0.05) is 20.8 Å². The van der Waals surface area contributed by atoms with Gasteiger partial charge < -0.3 is 0 Å². The van der Waals surface area contributed by atoms with Gasteiger partial charge in [0.25, 0.3) is 0 Å². The van der Waals surface area contributed by atoms with Crippen LogP contribution in [-0.2, 0) is 11.8 Å². The van der Waals surface area contributed by atoms with Crippen molar-refractivity contribution in [2.75, 3.05) is 0 Å². The minimum atomic E-state index is -4.41. The van der Waals surface area contributed by atoms with E-state index >= 15 is 0 Å². The topological polar surface area (TPSA) is 73.4 Å². The Kier molecular flexibility index (Phi) is 5.13. The van der Waals surface area contributed by atoms with E-state index in [9.17, 15) is 13.2 Å². The van der Waals surface area contributed by atoms with Gasteiger partial charge in [0.15, 0.2) is 5.41 Å². The van der Waals surface area contributed by atoms with Crippen LogP contribution in [0.25, 0.3) is 0 Å². The third-order valence-corrected chi connectivity index (χ3v) is 3.20. The van der Waals surface area contributed by atoms with Crippen molar-refractivity contribution in [3.63, 3.8) is 0 Å². The van der Waals surface area contributed by atoms with Crippen LogP contribution in [0, 0.1) is 28.1 Å². The van der Waals surface area contributed by atoms with Crippen LogP contribution in [0.1, 0.15) is 45.1 Å². The summed E-state index contributed by atoms with van der Waals surface area (Å²) in [4.78, 5) is 8.26. The average Bonchev–Trinajstić information content (AvgIpc) is 2.42. The summed E-state index contributed by atoms with van der Waals surface area (Å²) in [6.07, 6.45) is -4.92. The molecule has 0 aliphatic heterocycles. The van der Waals surface area contributed by atoms with Crippen LogP contribution < -0.4 is 0 Å². The summed E-state index contributed by atoms with van der Waals surface area (Å²) < 4.78 is 37.1. The molecule has 0 fully saturated rings. The van der Waals surface area contributed by atoms with Gasteiger partial charge in [-0.25, -0.2) is 9.97 Å². The minimum absolute atomic E-state index is 0.206. The number of aromatic nitrogens is 2. The van der Waals surface area contributed by atoms with E-state index in [1.165, 1.54) is 6.20 Å². The highest BCUT2D eigenvalue weighted by Gasteiger charge is 2.38. The molecule has 0 aliphatic carbocycles. The molecule has 1 heterocycles. The lowest BCUT2D eigenvalue weighted by Gasteiger charge is -2.21. The Hall–Kier alpha value is -2.15. The van der Waals surface area contributed by atoms with Crippen molar-refractivity contribution >= 4 is 0 Å². The third-order valence-electron chi connectivity index (χ3n) is 3.20. The second kappa shape index (κ2) is 6.31. The highest BCUT2D eigenvalue weighted by molar-refractivity contribution is 5.19. The van der Waals surface area contributed by atoms with E-state index in [1.54, 1.807) is 18.2 Å². The lowest BCUT2D eigenvalue weighted by molar-refractivity contribution is -0.138. The van der Waals surface area contributed by atoms with Gasteiger partial charge in [0.2, 0.25) is 0 Å². The molecule has 0 unspecified atom stereocenters. The van der Waals surface area contributed by atoms with E-state index in [2.05, 4.69) is 9.97 Å². The summed E-state index contributed by atoms with van der Waals surface area (Å²) in [5, 5.41) is 18.3. The maximum absolute atomic E-state index is 12.4. The quantitative estimate of drug-likeness (QED) is 0.850. The Morgan fingerprint density at radius 1 is 1.09 bits per heavy atom. The Labute approximate surface area is 127 Å². The van der Waals surface area contributed by atoms with E-state index in [0.717, 1.165) is 0 Å². The van der Waals surface area contributed by atoms with Crippen molar-refractivity contribution in [1.29, 1.82) is 10.5 Å². The summed E-state index contributed by atoms with van der Waals surface area (Å²) >= 11 is 0. The molecular formula is C15H17F3N4. The normalized spacial score (nSPS) is 12.5. The van der Waals surface area contributed by atoms with Gasteiger partial charge in [-0.3, -0.25) is 0 Å². The smallest absolute Gasteiger partial charge is 0.241 e. The monoisotopic (exact) mass is 310 g/mol. The molecule has 1 aromatic rings. The summed E-state index contributed by atoms with van der Waals surface area (Å²) in [5.74, 6) is 0.206. The first-order valence-electron chi connectivity index (χ1n) is 6.73. The Balaban J connectivity index is 3.02.